The van der Waals surface area contributed by atoms with Crippen LogP contribution in [0.3, 0.4) is 0 Å². The van der Waals surface area contributed by atoms with Crippen molar-refractivity contribution < 1.29 is 28.7 Å². The summed E-state index contributed by atoms with van der Waals surface area (Å²) in [7, 11) is 4.23. The van der Waals surface area contributed by atoms with Crippen LogP contribution in [-0.2, 0) is 19.1 Å². The summed E-state index contributed by atoms with van der Waals surface area (Å²) in [4.78, 5) is 74.0. The van der Waals surface area contributed by atoms with E-state index in [9.17, 15) is 19.2 Å². The van der Waals surface area contributed by atoms with Crippen molar-refractivity contribution in [3.05, 3.63) is 84.6 Å². The van der Waals surface area contributed by atoms with E-state index in [2.05, 4.69) is 89.8 Å². The summed E-state index contributed by atoms with van der Waals surface area (Å²) in [6, 6.07) is 21.1. The number of likely N-dealkylation sites (N-methyl/N-ethyl adjacent to an activating group) is 1. The van der Waals surface area contributed by atoms with Crippen LogP contribution in [0.1, 0.15) is 78.1 Å². The Bertz CT molecular complexity index is 2370. The molecule has 14 heteroatoms. The van der Waals surface area contributed by atoms with Crippen molar-refractivity contribution in [3.8, 4) is 33.5 Å². The van der Waals surface area contributed by atoms with E-state index in [0.29, 0.717) is 13.1 Å². The number of aromatic amines is 2. The fraction of sp³-hybridized carbons (Fsp3) is 0.447. The average molecular weight is 831 g/mol. The van der Waals surface area contributed by atoms with Crippen molar-refractivity contribution in [1.29, 1.82) is 0 Å². The molecule has 2 fully saturated rings. The molecule has 5 aromatic rings. The van der Waals surface area contributed by atoms with Gasteiger partial charge in [-0.15, -0.1) is 0 Å². The molecule has 61 heavy (non-hydrogen) atoms. The summed E-state index contributed by atoms with van der Waals surface area (Å²) in [5.74, 6) is 1.57. The number of hydrogen-bond acceptors (Lipinski definition) is 8. The van der Waals surface area contributed by atoms with Gasteiger partial charge in [0.1, 0.15) is 23.7 Å². The molecule has 2 aliphatic heterocycles. The molecule has 0 radical (unpaired) electrons. The summed E-state index contributed by atoms with van der Waals surface area (Å²) < 4.78 is 9.73. The molecule has 1 unspecified atom stereocenters. The fourth-order valence-electron chi connectivity index (χ4n) is 9.01. The Balaban J connectivity index is 1.04. The lowest BCUT2D eigenvalue weighted by atomic mass is 9.99. The Morgan fingerprint density at radius 2 is 1.26 bits per heavy atom. The number of H-pyrrole nitrogens is 2. The first-order valence-corrected chi connectivity index (χ1v) is 21.2. The third kappa shape index (κ3) is 8.85. The molecular weight excluding hydrogens is 773 g/mol. The van der Waals surface area contributed by atoms with Gasteiger partial charge in [0.05, 0.1) is 43.0 Å². The first-order chi connectivity index (χ1) is 29.2. The molecule has 3 N–H and O–H groups in total. The number of nitrogens with zero attached hydrogens (tertiary/aromatic N) is 5. The number of nitrogens with one attached hydrogen (secondary N) is 3. The lowest BCUT2D eigenvalue weighted by molar-refractivity contribution is -0.139. The van der Waals surface area contributed by atoms with Gasteiger partial charge in [-0.2, -0.15) is 0 Å². The number of alkyl carbamates (subject to hydrolysis) is 1. The van der Waals surface area contributed by atoms with E-state index in [1.54, 1.807) is 7.05 Å². The number of fused-ring (bicyclic) bond motifs is 1. The van der Waals surface area contributed by atoms with Gasteiger partial charge in [-0.1, -0.05) is 96.1 Å². The van der Waals surface area contributed by atoms with Gasteiger partial charge in [-0.05, 0) is 70.9 Å². The van der Waals surface area contributed by atoms with Gasteiger partial charge in [0, 0.05) is 31.9 Å². The maximum Gasteiger partial charge on any atom is 0.409 e. The topological polar surface area (TPSA) is 166 Å². The van der Waals surface area contributed by atoms with Crippen molar-refractivity contribution in [2.75, 3.05) is 34.4 Å². The molecule has 322 valence electrons. The lowest BCUT2D eigenvalue weighted by Crippen LogP contribution is -2.52. The smallest absolute Gasteiger partial charge is 0.409 e. The Kier molecular flexibility index (Phi) is 12.5. The number of rotatable bonds is 11. The second-order valence-corrected chi connectivity index (χ2v) is 17.5. The zero-order valence-corrected chi connectivity index (χ0v) is 36.6. The Hall–Kier alpha value is -6.18. The average Bonchev–Trinajstić information content (AvgIpc) is 4.07. The Morgan fingerprint density at radius 3 is 1.82 bits per heavy atom. The second kappa shape index (κ2) is 17.8. The summed E-state index contributed by atoms with van der Waals surface area (Å²) in [5, 5.41) is 2.72. The van der Waals surface area contributed by atoms with Crippen LogP contribution in [0.15, 0.2) is 72.9 Å². The van der Waals surface area contributed by atoms with E-state index in [1.807, 2.05) is 49.8 Å². The molecular formula is C47H58N8O6. The van der Waals surface area contributed by atoms with Crippen LogP contribution >= 0.6 is 0 Å². The van der Waals surface area contributed by atoms with Crippen LogP contribution in [0, 0.1) is 23.7 Å². The Morgan fingerprint density at radius 1 is 0.721 bits per heavy atom. The van der Waals surface area contributed by atoms with E-state index >= 15 is 0 Å². The number of aromatic nitrogens is 4. The van der Waals surface area contributed by atoms with E-state index in [-0.39, 0.29) is 47.6 Å². The van der Waals surface area contributed by atoms with Gasteiger partial charge < -0.3 is 34.6 Å². The number of amides is 4. The number of benzene rings is 3. The highest BCUT2D eigenvalue weighted by Crippen LogP contribution is 2.38. The minimum Gasteiger partial charge on any atom is -0.453 e. The van der Waals surface area contributed by atoms with Gasteiger partial charge in [-0.25, -0.2) is 19.6 Å². The number of methoxy groups -OCH3 is 2. The molecule has 0 spiro atoms. The number of carbonyl (C=O) groups excluding carboxylic acids is 4. The summed E-state index contributed by atoms with van der Waals surface area (Å²) in [6.07, 6.45) is 2.26. The SMILES string of the molecule is COC(=O)NC(C(=O)N1C[C@@H](C)C[C@H]1c1nc(-c2ccc(-c3ccc(-c4ccc5[nH]c([C@@H]6C[C@H](C)CN6C(=O)[C@H](C(C)C)N(C)C(=O)OC)nc5c4)cc3)cc2)c[nH]1)C(C)C. The molecule has 2 aliphatic rings. The van der Waals surface area contributed by atoms with Crippen LogP contribution in [-0.4, -0.2) is 105 Å². The molecule has 7 rings (SSSR count). The van der Waals surface area contributed by atoms with Gasteiger partial charge in [0.15, 0.2) is 0 Å². The zero-order chi connectivity index (χ0) is 43.7. The number of ether oxygens (including phenoxy) is 2. The van der Waals surface area contributed by atoms with Crippen molar-refractivity contribution in [2.24, 2.45) is 23.7 Å². The van der Waals surface area contributed by atoms with Gasteiger partial charge >= 0.3 is 12.2 Å². The number of carbonyl (C=O) groups is 4. The number of imidazole rings is 2. The van der Waals surface area contributed by atoms with Crippen LogP contribution in [0.25, 0.3) is 44.5 Å². The molecule has 4 amide bonds. The molecule has 0 aliphatic carbocycles. The minimum atomic E-state index is -0.699. The largest absolute Gasteiger partial charge is 0.453 e. The highest BCUT2D eigenvalue weighted by atomic mass is 16.5. The van der Waals surface area contributed by atoms with Crippen LogP contribution in [0.4, 0.5) is 9.59 Å². The van der Waals surface area contributed by atoms with E-state index in [4.69, 9.17) is 19.4 Å². The van der Waals surface area contributed by atoms with E-state index < -0.39 is 24.3 Å². The van der Waals surface area contributed by atoms with Gasteiger partial charge in [-0.3, -0.25) is 14.5 Å². The van der Waals surface area contributed by atoms with Crippen molar-refractivity contribution in [3.63, 3.8) is 0 Å². The van der Waals surface area contributed by atoms with E-state index in [1.165, 1.54) is 19.1 Å². The molecule has 2 aromatic heterocycles. The molecule has 2 saturated heterocycles. The standard InChI is InChI=1S/C47H58N8O6/c1-26(2)40(52-46(58)60-8)44(56)54-24-28(5)20-38(54)42-48-23-37(51-42)33-16-14-31(15-17-33)30-10-12-32(13-11-30)34-18-19-35-36(22-34)50-43(49-35)39-21-29(6)25-55(39)45(57)41(27(3)4)53(7)47(59)61-9/h10-19,22-23,26-29,38-41H,20-21,24-25H2,1-9H3,(H,48,51)(H,49,50)(H,52,58)/t28-,29-,38-,39-,40?,41-/m0/s1. The fourth-order valence-corrected chi connectivity index (χ4v) is 9.01. The molecule has 4 heterocycles. The lowest BCUT2D eigenvalue weighted by Gasteiger charge is -2.34. The third-order valence-corrected chi connectivity index (χ3v) is 12.2. The molecule has 6 atom stereocenters. The first-order valence-electron chi connectivity index (χ1n) is 21.2. The summed E-state index contributed by atoms with van der Waals surface area (Å²) in [5.41, 5.74) is 7.71. The maximum absolute atomic E-state index is 14.0. The van der Waals surface area contributed by atoms with Gasteiger partial charge in [0.2, 0.25) is 11.8 Å². The molecule has 3 aromatic carbocycles. The quantitative estimate of drug-likeness (QED) is 0.120. The summed E-state index contributed by atoms with van der Waals surface area (Å²) >= 11 is 0. The molecule has 0 saturated carbocycles. The summed E-state index contributed by atoms with van der Waals surface area (Å²) in [6.45, 7) is 13.1. The van der Waals surface area contributed by atoms with Gasteiger partial charge in [0.25, 0.3) is 0 Å². The van der Waals surface area contributed by atoms with Crippen LogP contribution in [0.2, 0.25) is 0 Å². The predicted octanol–water partition coefficient (Wildman–Crippen LogP) is 8.21. The third-order valence-electron chi connectivity index (χ3n) is 12.2. The number of hydrogen-bond donors (Lipinski definition) is 3. The van der Waals surface area contributed by atoms with Crippen molar-refractivity contribution in [1.82, 2.24) is 40.0 Å². The highest BCUT2D eigenvalue weighted by Gasteiger charge is 2.43. The van der Waals surface area contributed by atoms with Crippen LogP contribution < -0.4 is 5.32 Å². The monoisotopic (exact) mass is 830 g/mol. The number of likely N-dealkylation sites (tertiary alicyclic amines) is 2. The minimum absolute atomic E-state index is 0.102. The first kappa shape index (κ1) is 42.9. The molecule has 14 nitrogen and oxygen atoms in total. The molecule has 0 bridgehead atoms. The zero-order valence-electron chi connectivity index (χ0n) is 36.6. The van der Waals surface area contributed by atoms with E-state index in [0.717, 1.165) is 69.0 Å². The van der Waals surface area contributed by atoms with Crippen molar-refractivity contribution >= 4 is 35.0 Å². The van der Waals surface area contributed by atoms with Crippen molar-refractivity contribution in [2.45, 2.75) is 78.6 Å². The predicted molar refractivity (Wildman–Crippen MR) is 234 cm³/mol. The Labute approximate surface area is 357 Å². The highest BCUT2D eigenvalue weighted by molar-refractivity contribution is 5.88. The second-order valence-electron chi connectivity index (χ2n) is 17.5. The normalized spacial score (nSPS) is 20.0. The van der Waals surface area contributed by atoms with Crippen LogP contribution in [0.5, 0.6) is 0 Å². The maximum atomic E-state index is 14.0.